The molecule has 0 atom stereocenters. The van der Waals surface area contributed by atoms with Crippen LogP contribution in [-0.4, -0.2) is 132 Å². The quantitative estimate of drug-likeness (QED) is 0.106. The second-order valence-corrected chi connectivity index (χ2v) is 11.0. The van der Waals surface area contributed by atoms with Crippen molar-refractivity contribution in [2.45, 2.75) is 0 Å². The first kappa shape index (κ1) is 30.6. The van der Waals surface area contributed by atoms with Crippen LogP contribution in [0.4, 0.5) is 11.4 Å². The lowest BCUT2D eigenvalue weighted by Gasteiger charge is -2.35. The van der Waals surface area contributed by atoms with Gasteiger partial charge >= 0.3 is 0 Å². The van der Waals surface area contributed by atoms with Gasteiger partial charge in [0.25, 0.3) is 0 Å². The number of aromatic hydroxyl groups is 2. The fourth-order valence-corrected chi connectivity index (χ4v) is 4.90. The number of halogens is 1. The first-order chi connectivity index (χ1) is 18.1. The number of phenols is 2. The van der Waals surface area contributed by atoms with E-state index in [0.717, 1.165) is 12.1 Å². The molecule has 0 amide bonds. The highest BCUT2D eigenvalue weighted by Gasteiger charge is 2.41. The van der Waals surface area contributed by atoms with Crippen molar-refractivity contribution < 1.29 is 49.7 Å². The number of aliphatic hydroxyl groups excluding tert-OH is 2. The minimum atomic E-state index is -0.755. The van der Waals surface area contributed by atoms with Gasteiger partial charge < -0.3 is 30.2 Å². The van der Waals surface area contributed by atoms with Gasteiger partial charge in [-0.1, -0.05) is 11.6 Å². The summed E-state index contributed by atoms with van der Waals surface area (Å²) >= 11 is 6.78. The summed E-state index contributed by atoms with van der Waals surface area (Å²) in [6.07, 6.45) is 0. The number of carbonyl (C=O) groups excluding carboxylic acids is 2. The molecule has 0 fully saturated rings. The number of rotatable bonds is 12. The number of hydrogen-bond acceptors (Lipinski definition) is 10. The van der Waals surface area contributed by atoms with Gasteiger partial charge in [-0.05, 0) is 18.2 Å². The number of quaternary nitrogens is 2. The van der Waals surface area contributed by atoms with E-state index in [-0.39, 0.29) is 91.1 Å². The molecule has 6 N–H and O–H groups in total. The molecule has 0 saturated carbocycles. The zero-order chi connectivity index (χ0) is 29.3. The van der Waals surface area contributed by atoms with Gasteiger partial charge in [-0.3, -0.25) is 9.59 Å². The van der Waals surface area contributed by atoms with Crippen molar-refractivity contribution in [1.82, 2.24) is 0 Å². The Hall–Kier alpha value is -2.97. The van der Waals surface area contributed by atoms with Crippen molar-refractivity contribution in [2.75, 3.05) is 90.5 Å². The predicted molar refractivity (Wildman–Crippen MR) is 144 cm³/mol. The molecule has 1 aliphatic carbocycles. The number of nitrogens with zero attached hydrogens (tertiary/aromatic N) is 4. The minimum Gasteiger partial charge on any atom is -0.507 e. The molecule has 0 unspecified atom stereocenters. The number of likely N-dealkylation sites (N-methyl/N-ethyl adjacent to an activating group) is 2. The first-order valence-electron chi connectivity index (χ1n) is 12.4. The van der Waals surface area contributed by atoms with E-state index in [1.807, 2.05) is 0 Å². The molecule has 39 heavy (non-hydrogen) atoms. The Morgan fingerprint density at radius 2 is 1.15 bits per heavy atom. The largest absolute Gasteiger partial charge is 0.507 e. The van der Waals surface area contributed by atoms with E-state index in [4.69, 9.17) is 11.6 Å². The molecule has 12 nitrogen and oxygen atoms in total. The predicted octanol–water partition coefficient (Wildman–Crippen LogP) is 1.06. The lowest BCUT2D eigenvalue weighted by Crippen LogP contribution is -2.45. The maximum absolute atomic E-state index is 14.0. The summed E-state index contributed by atoms with van der Waals surface area (Å²) < 4.78 is -0.816. The Bertz CT molecular complexity index is 1260. The smallest absolute Gasteiger partial charge is 0.200 e. The third-order valence-corrected chi connectivity index (χ3v) is 6.82. The third kappa shape index (κ3) is 6.61. The van der Waals surface area contributed by atoms with Gasteiger partial charge in [-0.25, -0.2) is 10.4 Å². The number of benzene rings is 2. The van der Waals surface area contributed by atoms with Crippen LogP contribution in [0.15, 0.2) is 18.2 Å². The van der Waals surface area contributed by atoms with Crippen LogP contribution in [-0.2, 0) is 0 Å². The van der Waals surface area contributed by atoms with E-state index in [1.54, 1.807) is 38.0 Å². The fraction of sp³-hybridized carbons (Fsp3) is 0.462. The summed E-state index contributed by atoms with van der Waals surface area (Å²) in [6.45, 7) is 0.113. The minimum absolute atomic E-state index is 0.0163. The number of carbonyl (C=O) groups is 2. The van der Waals surface area contributed by atoms with Crippen LogP contribution in [0.1, 0.15) is 31.8 Å². The molecule has 0 aliphatic heterocycles. The standard InChI is InChI=1S/C26H35ClN4O8/c1-30(2,38)11-7-28(9-13-32)17-15-16(27)24(29(10-14-33)8-12-31(3,4)39)23-20(17)25(36)21-18(34)5-6-19(35)22(21)26(23)37/h5-6,15,32-33,38-39H,7-14H2,1-4H3/p+2. The Balaban J connectivity index is 2.35. The molecular weight excluding hydrogens is 532 g/mol. The number of aliphatic hydroxyl groups is 2. The van der Waals surface area contributed by atoms with Crippen molar-refractivity contribution in [1.29, 1.82) is 0 Å². The zero-order valence-corrected chi connectivity index (χ0v) is 23.3. The van der Waals surface area contributed by atoms with Gasteiger partial charge in [0, 0.05) is 13.1 Å². The highest BCUT2D eigenvalue weighted by atomic mass is 35.5. The molecular formula is C26H37ClN4O8+2. The maximum Gasteiger partial charge on any atom is 0.200 e. The van der Waals surface area contributed by atoms with Crippen LogP contribution in [0.5, 0.6) is 11.5 Å². The number of ketones is 2. The number of hydrogen-bond donors (Lipinski definition) is 6. The van der Waals surface area contributed by atoms with E-state index < -0.39 is 32.4 Å². The molecule has 0 bridgehead atoms. The van der Waals surface area contributed by atoms with Crippen LogP contribution in [0, 0.1) is 0 Å². The Morgan fingerprint density at radius 3 is 1.62 bits per heavy atom. The molecule has 0 radical (unpaired) electrons. The molecule has 0 saturated heterocycles. The van der Waals surface area contributed by atoms with Crippen LogP contribution < -0.4 is 9.80 Å². The Morgan fingerprint density at radius 1 is 0.718 bits per heavy atom. The fourth-order valence-electron chi connectivity index (χ4n) is 4.59. The van der Waals surface area contributed by atoms with Gasteiger partial charge in [-0.15, -0.1) is 0 Å². The monoisotopic (exact) mass is 568 g/mol. The van der Waals surface area contributed by atoms with Crippen LogP contribution >= 0.6 is 11.6 Å². The summed E-state index contributed by atoms with van der Waals surface area (Å²) in [5.41, 5.74) is -0.613. The third-order valence-electron chi connectivity index (χ3n) is 6.53. The van der Waals surface area contributed by atoms with Gasteiger partial charge in [0.2, 0.25) is 11.6 Å². The summed E-state index contributed by atoms with van der Waals surface area (Å²) in [7, 11) is 6.22. The van der Waals surface area contributed by atoms with Gasteiger partial charge in [0.1, 0.15) is 24.6 Å². The molecule has 2 aromatic carbocycles. The first-order valence-corrected chi connectivity index (χ1v) is 12.8. The molecule has 214 valence electrons. The summed E-state index contributed by atoms with van der Waals surface area (Å²) in [6, 6.07) is 3.71. The topological polar surface area (TPSA) is 162 Å². The average Bonchev–Trinajstić information content (AvgIpc) is 2.82. The average molecular weight is 569 g/mol. The second-order valence-electron chi connectivity index (χ2n) is 10.6. The van der Waals surface area contributed by atoms with Crippen molar-refractivity contribution >= 4 is 34.5 Å². The van der Waals surface area contributed by atoms with Gasteiger partial charge in [0.15, 0.2) is 0 Å². The summed E-state index contributed by atoms with van der Waals surface area (Å²) in [5, 5.41) is 61.3. The van der Waals surface area contributed by atoms with Crippen molar-refractivity contribution in [3.63, 3.8) is 0 Å². The molecule has 0 heterocycles. The molecule has 3 rings (SSSR count). The van der Waals surface area contributed by atoms with Crippen molar-refractivity contribution in [3.8, 4) is 11.5 Å². The van der Waals surface area contributed by atoms with Crippen LogP contribution in [0.2, 0.25) is 5.02 Å². The van der Waals surface area contributed by atoms with E-state index in [1.165, 1.54) is 6.07 Å². The molecule has 13 heteroatoms. The van der Waals surface area contributed by atoms with Gasteiger partial charge in [-0.2, -0.15) is 9.29 Å². The Kier molecular flexibility index (Phi) is 9.13. The molecule has 0 aromatic heterocycles. The molecule has 0 spiro atoms. The Labute approximate surface area is 231 Å². The van der Waals surface area contributed by atoms with Crippen LogP contribution in [0.25, 0.3) is 0 Å². The number of hydroxylamine groups is 6. The van der Waals surface area contributed by atoms with E-state index in [2.05, 4.69) is 0 Å². The highest BCUT2D eigenvalue weighted by molar-refractivity contribution is 6.39. The lowest BCUT2D eigenvalue weighted by molar-refractivity contribution is -1.07. The van der Waals surface area contributed by atoms with E-state index in [9.17, 15) is 40.4 Å². The highest BCUT2D eigenvalue weighted by Crippen LogP contribution is 2.47. The van der Waals surface area contributed by atoms with E-state index in [0.29, 0.717) is 0 Å². The van der Waals surface area contributed by atoms with Crippen molar-refractivity contribution in [2.24, 2.45) is 0 Å². The van der Waals surface area contributed by atoms with Crippen LogP contribution in [0.3, 0.4) is 0 Å². The molecule has 2 aromatic rings. The number of phenolic OH excluding ortho intramolecular Hbond substituents is 2. The second kappa shape index (κ2) is 11.6. The summed E-state index contributed by atoms with van der Waals surface area (Å²) in [4.78, 5) is 31.2. The lowest BCUT2D eigenvalue weighted by atomic mass is 9.80. The maximum atomic E-state index is 14.0. The number of fused-ring (bicyclic) bond motifs is 2. The molecule has 1 aliphatic rings. The van der Waals surface area contributed by atoms with E-state index >= 15 is 0 Å². The van der Waals surface area contributed by atoms with Gasteiger partial charge in [0.05, 0.1) is 93.1 Å². The zero-order valence-electron chi connectivity index (χ0n) is 22.6. The number of anilines is 2. The van der Waals surface area contributed by atoms with Crippen molar-refractivity contribution in [3.05, 3.63) is 45.5 Å². The normalized spacial score (nSPS) is 13.4. The summed E-state index contributed by atoms with van der Waals surface area (Å²) in [5.74, 6) is -2.46. The SMILES string of the molecule is C[N+](C)(O)CCN(CCO)c1cc(Cl)c(N(CCO)CC[N+](C)(C)O)c2c1C(=O)c1c(O)ccc(O)c1C2=O.